The fourth-order valence-electron chi connectivity index (χ4n) is 5.15. The van der Waals surface area contributed by atoms with Crippen LogP contribution in [0.3, 0.4) is 0 Å². The third-order valence-corrected chi connectivity index (χ3v) is 8.90. The summed E-state index contributed by atoms with van der Waals surface area (Å²) in [5.74, 6) is 0.709. The number of anilines is 1. The standard InChI is InChI=1S/C34H40N2O6S/c1-5-33(42-43(37,38)32-20-11-24(4)22-31(32)41-34-10-8-9-21-39-34)40-28-17-19-30-26(23-28)14-18-29(35-30)25-12-15-27(16-13-25)36(6-2)7-3/h11-20,22-23,33-34H,5-10,21H2,1-4H3. The summed E-state index contributed by atoms with van der Waals surface area (Å²) >= 11 is 0. The van der Waals surface area contributed by atoms with Gasteiger partial charge in [0.1, 0.15) is 16.4 Å². The van der Waals surface area contributed by atoms with E-state index in [1.807, 2.05) is 38.1 Å². The predicted molar refractivity (Wildman–Crippen MR) is 169 cm³/mol. The normalized spacial score (nSPS) is 16.1. The number of hydrogen-bond donors (Lipinski definition) is 0. The second-order valence-electron chi connectivity index (χ2n) is 10.6. The van der Waals surface area contributed by atoms with Crippen molar-refractivity contribution in [2.24, 2.45) is 0 Å². The van der Waals surface area contributed by atoms with E-state index in [0.29, 0.717) is 25.2 Å². The molecule has 0 amide bonds. The molecular formula is C34H40N2O6S. The molecule has 8 nitrogen and oxygen atoms in total. The lowest BCUT2D eigenvalue weighted by Gasteiger charge is -2.25. The zero-order chi connectivity index (χ0) is 30.4. The highest BCUT2D eigenvalue weighted by molar-refractivity contribution is 7.86. The fourth-order valence-corrected chi connectivity index (χ4v) is 6.29. The van der Waals surface area contributed by atoms with Crippen LogP contribution in [-0.4, -0.2) is 45.7 Å². The first kappa shape index (κ1) is 30.8. The first-order valence-electron chi connectivity index (χ1n) is 15.0. The maximum absolute atomic E-state index is 13.4. The van der Waals surface area contributed by atoms with Crippen molar-refractivity contribution in [2.75, 3.05) is 24.6 Å². The van der Waals surface area contributed by atoms with Gasteiger partial charge in [-0.15, -0.1) is 0 Å². The van der Waals surface area contributed by atoms with Crippen LogP contribution in [0.5, 0.6) is 11.5 Å². The molecule has 0 saturated carbocycles. The van der Waals surface area contributed by atoms with Crippen molar-refractivity contribution in [3.63, 3.8) is 0 Å². The summed E-state index contributed by atoms with van der Waals surface area (Å²) < 4.78 is 50.1. The molecular weight excluding hydrogens is 564 g/mol. The number of aryl methyl sites for hydroxylation is 1. The molecule has 1 aromatic heterocycles. The molecule has 2 heterocycles. The minimum absolute atomic E-state index is 0.0466. The Bertz CT molecular complexity index is 1630. The Balaban J connectivity index is 1.30. The highest BCUT2D eigenvalue weighted by Crippen LogP contribution is 2.32. The predicted octanol–water partition coefficient (Wildman–Crippen LogP) is 7.48. The largest absolute Gasteiger partial charge is 0.464 e. The average molecular weight is 605 g/mol. The third kappa shape index (κ3) is 7.47. The van der Waals surface area contributed by atoms with Crippen LogP contribution in [-0.2, 0) is 19.0 Å². The summed E-state index contributed by atoms with van der Waals surface area (Å²) in [5, 5.41) is 0.875. The van der Waals surface area contributed by atoms with Gasteiger partial charge in [-0.05, 0) is 87.7 Å². The van der Waals surface area contributed by atoms with E-state index >= 15 is 0 Å². The van der Waals surface area contributed by atoms with Crippen molar-refractivity contribution in [1.29, 1.82) is 0 Å². The summed E-state index contributed by atoms with van der Waals surface area (Å²) in [6.45, 7) is 10.5. The summed E-state index contributed by atoms with van der Waals surface area (Å²) in [6, 6.07) is 22.8. The molecule has 1 aliphatic heterocycles. The molecule has 5 rings (SSSR count). The van der Waals surface area contributed by atoms with Crippen LogP contribution < -0.4 is 14.4 Å². The molecule has 0 radical (unpaired) electrons. The summed E-state index contributed by atoms with van der Waals surface area (Å²) in [5.41, 5.74) is 4.79. The van der Waals surface area contributed by atoms with E-state index in [-0.39, 0.29) is 10.6 Å². The number of ether oxygens (including phenoxy) is 3. The van der Waals surface area contributed by atoms with Crippen LogP contribution in [0.15, 0.2) is 77.7 Å². The number of rotatable bonds is 12. The van der Waals surface area contributed by atoms with Gasteiger partial charge in [0.05, 0.1) is 17.8 Å². The van der Waals surface area contributed by atoms with Crippen molar-refractivity contribution in [3.05, 3.63) is 78.4 Å². The molecule has 4 aromatic rings. The lowest BCUT2D eigenvalue weighted by atomic mass is 10.1. The molecule has 228 valence electrons. The summed E-state index contributed by atoms with van der Waals surface area (Å²) in [4.78, 5) is 7.10. The van der Waals surface area contributed by atoms with Gasteiger partial charge >= 0.3 is 10.1 Å². The Kier molecular flexibility index (Phi) is 9.85. The van der Waals surface area contributed by atoms with Gasteiger partial charge in [0.25, 0.3) is 0 Å². The lowest BCUT2D eigenvalue weighted by Crippen LogP contribution is -2.27. The number of pyridine rings is 1. The number of hydrogen-bond acceptors (Lipinski definition) is 8. The van der Waals surface area contributed by atoms with Crippen molar-refractivity contribution >= 4 is 26.7 Å². The first-order chi connectivity index (χ1) is 20.8. The topological polar surface area (TPSA) is 87.2 Å². The molecule has 1 saturated heterocycles. The highest BCUT2D eigenvalue weighted by atomic mass is 32.2. The van der Waals surface area contributed by atoms with E-state index in [1.54, 1.807) is 18.2 Å². The fraction of sp³-hybridized carbons (Fsp3) is 0.382. The van der Waals surface area contributed by atoms with Gasteiger partial charge in [0.15, 0.2) is 6.29 Å². The summed E-state index contributed by atoms with van der Waals surface area (Å²) in [7, 11) is -4.20. The van der Waals surface area contributed by atoms with Crippen LogP contribution in [0.2, 0.25) is 0 Å². The van der Waals surface area contributed by atoms with Gasteiger partial charge in [0.2, 0.25) is 6.29 Å². The minimum atomic E-state index is -4.20. The van der Waals surface area contributed by atoms with Gasteiger partial charge in [-0.2, -0.15) is 8.42 Å². The monoisotopic (exact) mass is 604 g/mol. The van der Waals surface area contributed by atoms with Crippen molar-refractivity contribution in [1.82, 2.24) is 4.98 Å². The second kappa shape index (κ2) is 13.8. The SMILES string of the molecule is CCC(Oc1ccc2nc(-c3ccc(N(CC)CC)cc3)ccc2c1)OS(=O)(=O)c1ccc(C)cc1OC1CCCCO1. The first-order valence-corrected chi connectivity index (χ1v) is 16.5. The molecule has 1 fully saturated rings. The van der Waals surface area contributed by atoms with E-state index in [1.165, 1.54) is 11.8 Å². The lowest BCUT2D eigenvalue weighted by molar-refractivity contribution is -0.107. The van der Waals surface area contributed by atoms with E-state index in [2.05, 4.69) is 43.0 Å². The smallest absolute Gasteiger partial charge is 0.303 e. The Labute approximate surface area is 254 Å². The maximum Gasteiger partial charge on any atom is 0.303 e. The molecule has 1 aliphatic rings. The van der Waals surface area contributed by atoms with Gasteiger partial charge in [-0.1, -0.05) is 31.2 Å². The zero-order valence-electron chi connectivity index (χ0n) is 25.3. The molecule has 9 heteroatoms. The van der Waals surface area contributed by atoms with Crippen LogP contribution >= 0.6 is 0 Å². The maximum atomic E-state index is 13.4. The number of fused-ring (bicyclic) bond motifs is 1. The van der Waals surface area contributed by atoms with E-state index in [9.17, 15) is 8.42 Å². The quantitative estimate of drug-likeness (QED) is 0.122. The highest BCUT2D eigenvalue weighted by Gasteiger charge is 2.28. The third-order valence-electron chi connectivity index (χ3n) is 7.55. The number of benzene rings is 3. The number of nitrogens with zero attached hydrogens (tertiary/aromatic N) is 2. The molecule has 0 aliphatic carbocycles. The van der Waals surface area contributed by atoms with Crippen molar-refractivity contribution < 1.29 is 26.8 Å². The van der Waals surface area contributed by atoms with Gasteiger partial charge < -0.3 is 19.1 Å². The van der Waals surface area contributed by atoms with Crippen LogP contribution in [0.1, 0.15) is 52.0 Å². The Morgan fingerprint density at radius 2 is 1.74 bits per heavy atom. The molecule has 0 bridgehead atoms. The summed E-state index contributed by atoms with van der Waals surface area (Å²) in [6.07, 6.45) is 1.43. The molecule has 2 atom stereocenters. The van der Waals surface area contributed by atoms with E-state index in [0.717, 1.165) is 53.7 Å². The van der Waals surface area contributed by atoms with E-state index in [4.69, 9.17) is 23.4 Å². The van der Waals surface area contributed by atoms with Crippen LogP contribution in [0.4, 0.5) is 5.69 Å². The van der Waals surface area contributed by atoms with Crippen LogP contribution in [0.25, 0.3) is 22.2 Å². The Morgan fingerprint density at radius 1 is 0.953 bits per heavy atom. The molecule has 2 unspecified atom stereocenters. The molecule has 0 spiro atoms. The average Bonchev–Trinajstić information content (AvgIpc) is 3.02. The molecule has 3 aromatic carbocycles. The molecule has 43 heavy (non-hydrogen) atoms. The van der Waals surface area contributed by atoms with Gasteiger partial charge in [-0.3, -0.25) is 0 Å². The molecule has 0 N–H and O–H groups in total. The number of aromatic nitrogens is 1. The second-order valence-corrected chi connectivity index (χ2v) is 12.2. The van der Waals surface area contributed by atoms with Gasteiger partial charge in [0, 0.05) is 42.6 Å². The Morgan fingerprint density at radius 3 is 2.44 bits per heavy atom. The Hall–Kier alpha value is -3.66. The van der Waals surface area contributed by atoms with Crippen LogP contribution in [0, 0.1) is 6.92 Å². The van der Waals surface area contributed by atoms with Crippen molar-refractivity contribution in [2.45, 2.75) is 70.9 Å². The van der Waals surface area contributed by atoms with E-state index < -0.39 is 22.7 Å². The van der Waals surface area contributed by atoms with Crippen molar-refractivity contribution in [3.8, 4) is 22.8 Å². The minimum Gasteiger partial charge on any atom is -0.464 e. The van der Waals surface area contributed by atoms with Gasteiger partial charge in [-0.25, -0.2) is 9.17 Å². The zero-order valence-corrected chi connectivity index (χ0v) is 26.1.